The minimum absolute atomic E-state index is 0.161. The minimum Gasteiger partial charge on any atom is -0.292 e. The second-order valence-corrected chi connectivity index (χ2v) is 7.80. The fourth-order valence-corrected chi connectivity index (χ4v) is 3.83. The number of hydrogen-bond donors (Lipinski definition) is 0. The Morgan fingerprint density at radius 2 is 1.79 bits per heavy atom. The van der Waals surface area contributed by atoms with Crippen molar-refractivity contribution in [2.24, 2.45) is 0 Å². The number of benzene rings is 1. The van der Waals surface area contributed by atoms with Crippen LogP contribution < -0.4 is 0 Å². The summed E-state index contributed by atoms with van der Waals surface area (Å²) < 4.78 is 24.6. The molecule has 0 aliphatic carbocycles. The average Bonchev–Trinajstić information content (AvgIpc) is 2.76. The summed E-state index contributed by atoms with van der Waals surface area (Å²) >= 11 is 6.81. The highest BCUT2D eigenvalue weighted by Gasteiger charge is 2.21. The number of rotatable bonds is 4. The van der Waals surface area contributed by atoms with E-state index in [-0.39, 0.29) is 4.90 Å². The van der Waals surface area contributed by atoms with Gasteiger partial charge < -0.3 is 0 Å². The molecule has 0 unspecified atom stereocenters. The molecule has 19 heavy (non-hydrogen) atoms. The summed E-state index contributed by atoms with van der Waals surface area (Å²) in [5.74, 6) is -0.968. The molecule has 3 nitrogen and oxygen atoms in total. The Labute approximate surface area is 120 Å². The summed E-state index contributed by atoms with van der Waals surface area (Å²) in [6, 6.07) is 9.56. The molecule has 0 atom stereocenters. The third-order valence-electron chi connectivity index (χ3n) is 2.55. The van der Waals surface area contributed by atoms with Crippen LogP contribution in [0.2, 0.25) is 4.34 Å². The quantitative estimate of drug-likeness (QED) is 0.813. The molecular formula is C13H11ClO3S2. The van der Waals surface area contributed by atoms with E-state index in [9.17, 15) is 13.2 Å². The molecule has 2 aromatic rings. The van der Waals surface area contributed by atoms with Crippen molar-refractivity contribution in [1.29, 1.82) is 0 Å². The molecule has 0 radical (unpaired) electrons. The number of halogens is 1. The molecule has 0 amide bonds. The predicted octanol–water partition coefficient (Wildman–Crippen LogP) is 3.37. The topological polar surface area (TPSA) is 51.2 Å². The van der Waals surface area contributed by atoms with E-state index in [0.717, 1.165) is 16.9 Å². The van der Waals surface area contributed by atoms with Crippen LogP contribution in [0.4, 0.5) is 0 Å². The molecule has 0 N–H and O–H groups in total. The minimum atomic E-state index is -3.60. The van der Waals surface area contributed by atoms with Gasteiger partial charge in [0, 0.05) is 0 Å². The summed E-state index contributed by atoms with van der Waals surface area (Å²) in [5.41, 5.74) is 0.968. The van der Waals surface area contributed by atoms with Crippen LogP contribution in [-0.4, -0.2) is 20.0 Å². The Hall–Kier alpha value is -1.17. The van der Waals surface area contributed by atoms with Crippen LogP contribution in [0.15, 0.2) is 41.3 Å². The first-order valence-corrected chi connectivity index (χ1v) is 8.31. The van der Waals surface area contributed by atoms with Crippen molar-refractivity contribution >= 4 is 38.6 Å². The van der Waals surface area contributed by atoms with Crippen molar-refractivity contribution in [2.45, 2.75) is 11.8 Å². The first-order chi connectivity index (χ1) is 8.88. The van der Waals surface area contributed by atoms with Crippen molar-refractivity contribution in [3.05, 3.63) is 51.2 Å². The zero-order chi connectivity index (χ0) is 14.0. The largest absolute Gasteiger partial charge is 0.292 e. The standard InChI is InChI=1S/C13H11ClO3S2/c1-9-2-4-10(5-3-9)19(16,17)8-11(15)12-6-7-13(14)18-12/h2-7H,8H2,1H3. The Kier molecular flexibility index (Phi) is 4.08. The molecule has 0 aliphatic heterocycles. The fourth-order valence-electron chi connectivity index (χ4n) is 1.54. The number of carbonyl (C=O) groups is 1. The molecular weight excluding hydrogens is 304 g/mol. The summed E-state index contributed by atoms with van der Waals surface area (Å²) in [6.07, 6.45) is 0. The van der Waals surface area contributed by atoms with E-state index in [1.807, 2.05) is 6.92 Å². The van der Waals surface area contributed by atoms with E-state index in [1.165, 1.54) is 12.1 Å². The SMILES string of the molecule is Cc1ccc(S(=O)(=O)CC(=O)c2ccc(Cl)s2)cc1. The highest BCUT2D eigenvalue weighted by atomic mass is 35.5. The molecule has 0 saturated heterocycles. The zero-order valence-corrected chi connectivity index (χ0v) is 12.5. The summed E-state index contributed by atoms with van der Waals surface area (Å²) in [4.78, 5) is 12.4. The molecule has 1 aromatic carbocycles. The van der Waals surface area contributed by atoms with Gasteiger partial charge in [-0.3, -0.25) is 4.79 Å². The van der Waals surface area contributed by atoms with Crippen LogP contribution in [0.25, 0.3) is 0 Å². The van der Waals surface area contributed by atoms with E-state index in [0.29, 0.717) is 9.21 Å². The lowest BCUT2D eigenvalue weighted by molar-refractivity contribution is 0.102. The predicted molar refractivity (Wildman–Crippen MR) is 76.9 cm³/mol. The maximum Gasteiger partial charge on any atom is 0.188 e. The summed E-state index contributed by atoms with van der Waals surface area (Å²) in [5, 5.41) is 0. The number of sulfone groups is 1. The Bertz CT molecular complexity index is 700. The van der Waals surface area contributed by atoms with Gasteiger partial charge in [0.2, 0.25) is 0 Å². The van der Waals surface area contributed by atoms with Gasteiger partial charge in [0.25, 0.3) is 0 Å². The molecule has 2 rings (SSSR count). The van der Waals surface area contributed by atoms with Gasteiger partial charge >= 0.3 is 0 Å². The molecule has 100 valence electrons. The van der Waals surface area contributed by atoms with Gasteiger partial charge in [0.1, 0.15) is 5.75 Å². The van der Waals surface area contributed by atoms with Crippen LogP contribution >= 0.6 is 22.9 Å². The van der Waals surface area contributed by atoms with Gasteiger partial charge in [-0.05, 0) is 31.2 Å². The van der Waals surface area contributed by atoms with Crippen molar-refractivity contribution in [1.82, 2.24) is 0 Å². The van der Waals surface area contributed by atoms with Gasteiger partial charge in [0.15, 0.2) is 15.6 Å². The molecule has 0 bridgehead atoms. The Morgan fingerprint density at radius 1 is 1.16 bits per heavy atom. The number of aryl methyl sites for hydroxylation is 1. The van der Waals surface area contributed by atoms with Crippen LogP contribution in [0.5, 0.6) is 0 Å². The second kappa shape index (κ2) is 5.45. The maximum absolute atomic E-state index is 12.1. The zero-order valence-electron chi connectivity index (χ0n) is 10.1. The monoisotopic (exact) mass is 314 g/mol. The van der Waals surface area contributed by atoms with Gasteiger partial charge in [-0.15, -0.1) is 11.3 Å². The second-order valence-electron chi connectivity index (χ2n) is 4.10. The average molecular weight is 315 g/mol. The third kappa shape index (κ3) is 3.43. The molecule has 0 fully saturated rings. The highest BCUT2D eigenvalue weighted by molar-refractivity contribution is 7.92. The van der Waals surface area contributed by atoms with Crippen LogP contribution in [0.3, 0.4) is 0 Å². The molecule has 0 aliphatic rings. The molecule has 1 aromatic heterocycles. The third-order valence-corrected chi connectivity index (χ3v) is 5.45. The summed E-state index contributed by atoms with van der Waals surface area (Å²) in [6.45, 7) is 1.87. The van der Waals surface area contributed by atoms with Crippen LogP contribution in [0, 0.1) is 6.92 Å². The lowest BCUT2D eigenvalue weighted by Gasteiger charge is -2.03. The number of thiophene rings is 1. The van der Waals surface area contributed by atoms with Crippen molar-refractivity contribution in [3.63, 3.8) is 0 Å². The fraction of sp³-hybridized carbons (Fsp3) is 0.154. The van der Waals surface area contributed by atoms with E-state index < -0.39 is 21.4 Å². The lowest BCUT2D eigenvalue weighted by atomic mass is 10.2. The van der Waals surface area contributed by atoms with Gasteiger partial charge in [0.05, 0.1) is 14.1 Å². The summed E-state index contributed by atoms with van der Waals surface area (Å²) in [7, 11) is -3.60. The van der Waals surface area contributed by atoms with Crippen molar-refractivity contribution in [3.8, 4) is 0 Å². The Morgan fingerprint density at radius 3 is 2.32 bits per heavy atom. The van der Waals surface area contributed by atoms with Crippen molar-refractivity contribution < 1.29 is 13.2 Å². The number of ketones is 1. The van der Waals surface area contributed by atoms with E-state index in [4.69, 9.17) is 11.6 Å². The first kappa shape index (κ1) is 14.2. The van der Waals surface area contributed by atoms with Crippen LogP contribution in [-0.2, 0) is 9.84 Å². The van der Waals surface area contributed by atoms with E-state index >= 15 is 0 Å². The van der Waals surface area contributed by atoms with E-state index in [1.54, 1.807) is 24.3 Å². The van der Waals surface area contributed by atoms with Crippen LogP contribution in [0.1, 0.15) is 15.2 Å². The molecule has 6 heteroatoms. The number of carbonyl (C=O) groups excluding carboxylic acids is 1. The molecule has 0 spiro atoms. The van der Waals surface area contributed by atoms with E-state index in [2.05, 4.69) is 0 Å². The van der Waals surface area contributed by atoms with Gasteiger partial charge in [-0.1, -0.05) is 29.3 Å². The first-order valence-electron chi connectivity index (χ1n) is 5.46. The molecule has 0 saturated carbocycles. The lowest BCUT2D eigenvalue weighted by Crippen LogP contribution is -2.15. The normalized spacial score (nSPS) is 11.5. The van der Waals surface area contributed by atoms with Gasteiger partial charge in [-0.2, -0.15) is 0 Å². The molecule has 1 heterocycles. The number of Topliss-reactive ketones (excluding diaryl/α,β-unsaturated/α-hetero) is 1. The van der Waals surface area contributed by atoms with Crippen molar-refractivity contribution in [2.75, 3.05) is 5.75 Å². The number of hydrogen-bond acceptors (Lipinski definition) is 4. The highest BCUT2D eigenvalue weighted by Crippen LogP contribution is 2.23. The van der Waals surface area contributed by atoms with Gasteiger partial charge in [-0.25, -0.2) is 8.42 Å². The Balaban J connectivity index is 2.22. The smallest absolute Gasteiger partial charge is 0.188 e. The maximum atomic E-state index is 12.1.